The molecule has 2 aromatic carbocycles. The fourth-order valence-corrected chi connectivity index (χ4v) is 4.41. The lowest BCUT2D eigenvalue weighted by Crippen LogP contribution is -2.44. The zero-order valence-corrected chi connectivity index (χ0v) is 18.8. The Balaban J connectivity index is 0.000000454. The molecule has 1 fully saturated rings. The van der Waals surface area contributed by atoms with Crippen LogP contribution in [0.3, 0.4) is 0 Å². The van der Waals surface area contributed by atoms with Crippen molar-refractivity contribution >= 4 is 29.4 Å². The summed E-state index contributed by atoms with van der Waals surface area (Å²) in [5.74, 6) is -3.56. The second kappa shape index (κ2) is 11.2. The first kappa shape index (κ1) is 24.7. The molecular formula is C24H26ClFN2O5. The molecule has 0 saturated carbocycles. The van der Waals surface area contributed by atoms with E-state index in [2.05, 4.69) is 23.1 Å². The number of carboxylic acids is 2. The van der Waals surface area contributed by atoms with Crippen molar-refractivity contribution in [3.8, 4) is 0 Å². The lowest BCUT2D eigenvalue weighted by Gasteiger charge is -2.36. The van der Waals surface area contributed by atoms with Crippen LogP contribution in [0.2, 0.25) is 5.02 Å². The van der Waals surface area contributed by atoms with Gasteiger partial charge in [0.05, 0.1) is 0 Å². The van der Waals surface area contributed by atoms with Crippen molar-refractivity contribution in [1.82, 2.24) is 9.80 Å². The van der Waals surface area contributed by atoms with Gasteiger partial charge in [-0.1, -0.05) is 41.9 Å². The molecule has 0 unspecified atom stereocenters. The second-order valence-electron chi connectivity index (χ2n) is 8.14. The van der Waals surface area contributed by atoms with Gasteiger partial charge in [-0.25, -0.2) is 14.0 Å². The Morgan fingerprint density at radius 1 is 0.939 bits per heavy atom. The number of fused-ring (bicyclic) bond motifs is 1. The van der Waals surface area contributed by atoms with Gasteiger partial charge in [-0.05, 0) is 55.6 Å². The molecule has 9 heteroatoms. The standard InChI is InChI=1S/C22H24ClFN2O.C2H2O4/c23-20-6-3-7-21(24)19(20)15-25-11-8-17(9-12-25)22(27)26-13-10-16-4-1-2-5-18(16)14-26;3-1(4)2(5)6/h1-7,17H,8-15H2;(H,3,4)(H,5,6). The first-order chi connectivity index (χ1) is 15.8. The zero-order chi connectivity index (χ0) is 24.0. The van der Waals surface area contributed by atoms with Crippen LogP contribution in [-0.2, 0) is 33.9 Å². The fourth-order valence-electron chi connectivity index (χ4n) is 4.19. The highest BCUT2D eigenvalue weighted by atomic mass is 35.5. The molecule has 2 aliphatic rings. The smallest absolute Gasteiger partial charge is 0.414 e. The number of benzene rings is 2. The van der Waals surface area contributed by atoms with Crippen LogP contribution in [0.5, 0.6) is 0 Å². The van der Waals surface area contributed by atoms with Crippen molar-refractivity contribution in [2.45, 2.75) is 32.4 Å². The van der Waals surface area contributed by atoms with E-state index >= 15 is 0 Å². The largest absolute Gasteiger partial charge is 0.473 e. The van der Waals surface area contributed by atoms with E-state index in [0.717, 1.165) is 45.4 Å². The van der Waals surface area contributed by atoms with Crippen LogP contribution in [0, 0.1) is 11.7 Å². The molecule has 7 nitrogen and oxygen atoms in total. The minimum Gasteiger partial charge on any atom is -0.473 e. The number of halogens is 2. The summed E-state index contributed by atoms with van der Waals surface area (Å²) in [4.78, 5) is 35.4. The lowest BCUT2D eigenvalue weighted by molar-refractivity contribution is -0.159. The number of amides is 1. The van der Waals surface area contributed by atoms with Gasteiger partial charge in [0.25, 0.3) is 0 Å². The molecule has 2 aliphatic heterocycles. The zero-order valence-electron chi connectivity index (χ0n) is 18.0. The lowest BCUT2D eigenvalue weighted by atomic mass is 9.93. The molecule has 0 aromatic heterocycles. The average Bonchev–Trinajstić information content (AvgIpc) is 2.81. The third-order valence-electron chi connectivity index (χ3n) is 6.01. The number of carbonyl (C=O) groups excluding carboxylic acids is 1. The molecule has 0 aliphatic carbocycles. The molecule has 4 rings (SSSR count). The van der Waals surface area contributed by atoms with E-state index in [1.165, 1.54) is 17.2 Å². The van der Waals surface area contributed by atoms with E-state index in [4.69, 9.17) is 31.4 Å². The van der Waals surface area contributed by atoms with Crippen LogP contribution in [0.15, 0.2) is 42.5 Å². The number of piperidine rings is 1. The van der Waals surface area contributed by atoms with Crippen LogP contribution in [0.4, 0.5) is 4.39 Å². The van der Waals surface area contributed by atoms with E-state index in [0.29, 0.717) is 17.1 Å². The van der Waals surface area contributed by atoms with E-state index in [9.17, 15) is 9.18 Å². The highest BCUT2D eigenvalue weighted by Crippen LogP contribution is 2.27. The van der Waals surface area contributed by atoms with Crippen molar-refractivity contribution in [3.63, 3.8) is 0 Å². The van der Waals surface area contributed by atoms with Crippen molar-refractivity contribution in [1.29, 1.82) is 0 Å². The Kier molecular flexibility index (Phi) is 8.41. The number of nitrogens with zero attached hydrogens (tertiary/aromatic N) is 2. The average molecular weight is 477 g/mol. The molecule has 0 bridgehead atoms. The summed E-state index contributed by atoms with van der Waals surface area (Å²) in [5, 5.41) is 15.3. The summed E-state index contributed by atoms with van der Waals surface area (Å²) >= 11 is 6.14. The Hall–Kier alpha value is -2.97. The normalized spacial score (nSPS) is 16.4. The fraction of sp³-hybridized carbons (Fsp3) is 0.375. The van der Waals surface area contributed by atoms with Gasteiger partial charge in [0.1, 0.15) is 5.82 Å². The quantitative estimate of drug-likeness (QED) is 0.659. The molecular weight excluding hydrogens is 451 g/mol. The number of aliphatic carboxylic acids is 2. The topological polar surface area (TPSA) is 98.2 Å². The van der Waals surface area contributed by atoms with Crippen molar-refractivity contribution in [2.24, 2.45) is 5.92 Å². The van der Waals surface area contributed by atoms with Gasteiger partial charge in [-0.3, -0.25) is 9.69 Å². The Labute approximate surface area is 196 Å². The number of carbonyl (C=O) groups is 3. The third-order valence-corrected chi connectivity index (χ3v) is 6.36. The molecule has 33 heavy (non-hydrogen) atoms. The SMILES string of the molecule is O=C(C1CCN(Cc2c(F)cccc2Cl)CC1)N1CCc2ccccc2C1.O=C(O)C(=O)O. The molecule has 0 spiro atoms. The molecule has 2 heterocycles. The highest BCUT2D eigenvalue weighted by molar-refractivity contribution is 6.31. The van der Waals surface area contributed by atoms with Gasteiger partial charge in [0.15, 0.2) is 0 Å². The maximum atomic E-state index is 14.0. The number of hydrogen-bond acceptors (Lipinski definition) is 4. The Morgan fingerprint density at radius 2 is 1.58 bits per heavy atom. The maximum Gasteiger partial charge on any atom is 0.414 e. The summed E-state index contributed by atoms with van der Waals surface area (Å²) in [5.41, 5.74) is 3.18. The summed E-state index contributed by atoms with van der Waals surface area (Å²) in [6.45, 7) is 3.63. The van der Waals surface area contributed by atoms with Crippen molar-refractivity contribution in [2.75, 3.05) is 19.6 Å². The van der Waals surface area contributed by atoms with Crippen LogP contribution in [-0.4, -0.2) is 57.5 Å². The van der Waals surface area contributed by atoms with Crippen molar-refractivity contribution in [3.05, 3.63) is 70.0 Å². The van der Waals surface area contributed by atoms with Gasteiger partial charge < -0.3 is 15.1 Å². The van der Waals surface area contributed by atoms with E-state index in [1.54, 1.807) is 12.1 Å². The molecule has 2 aromatic rings. The number of hydrogen-bond donors (Lipinski definition) is 2. The van der Waals surface area contributed by atoms with Gasteiger partial charge in [0.2, 0.25) is 5.91 Å². The molecule has 1 amide bonds. The first-order valence-corrected chi connectivity index (χ1v) is 11.1. The van der Waals surface area contributed by atoms with Crippen LogP contribution in [0.1, 0.15) is 29.5 Å². The summed E-state index contributed by atoms with van der Waals surface area (Å²) < 4.78 is 14.0. The Bertz CT molecular complexity index is 991. The Morgan fingerprint density at radius 3 is 2.18 bits per heavy atom. The van der Waals surface area contributed by atoms with E-state index in [-0.39, 0.29) is 17.6 Å². The second-order valence-corrected chi connectivity index (χ2v) is 8.55. The van der Waals surface area contributed by atoms with Crippen LogP contribution >= 0.6 is 11.6 Å². The van der Waals surface area contributed by atoms with Gasteiger partial charge >= 0.3 is 11.9 Å². The monoisotopic (exact) mass is 476 g/mol. The number of rotatable bonds is 3. The number of likely N-dealkylation sites (tertiary alicyclic amines) is 1. The highest BCUT2D eigenvalue weighted by Gasteiger charge is 2.30. The van der Waals surface area contributed by atoms with Gasteiger partial charge in [-0.2, -0.15) is 0 Å². The summed E-state index contributed by atoms with van der Waals surface area (Å²) in [7, 11) is 0. The third kappa shape index (κ3) is 6.52. The van der Waals surface area contributed by atoms with Crippen LogP contribution < -0.4 is 0 Å². The molecule has 2 N–H and O–H groups in total. The molecule has 0 radical (unpaired) electrons. The van der Waals surface area contributed by atoms with Crippen molar-refractivity contribution < 1.29 is 29.0 Å². The van der Waals surface area contributed by atoms with E-state index < -0.39 is 11.9 Å². The maximum absolute atomic E-state index is 14.0. The van der Waals surface area contributed by atoms with Crippen LogP contribution in [0.25, 0.3) is 0 Å². The summed E-state index contributed by atoms with van der Waals surface area (Å²) in [6.07, 6.45) is 2.58. The minimum absolute atomic E-state index is 0.0719. The number of carboxylic acid groups (broad SMARTS) is 2. The molecule has 176 valence electrons. The van der Waals surface area contributed by atoms with E-state index in [1.807, 2.05) is 11.0 Å². The molecule has 1 saturated heterocycles. The summed E-state index contributed by atoms with van der Waals surface area (Å²) in [6, 6.07) is 13.2. The minimum atomic E-state index is -1.82. The predicted octanol–water partition coefficient (Wildman–Crippen LogP) is 3.43. The van der Waals surface area contributed by atoms with Gasteiger partial charge in [0, 0.05) is 36.1 Å². The predicted molar refractivity (Wildman–Crippen MR) is 120 cm³/mol. The molecule has 0 atom stereocenters. The first-order valence-electron chi connectivity index (χ1n) is 10.7. The van der Waals surface area contributed by atoms with Gasteiger partial charge in [-0.15, -0.1) is 0 Å².